The van der Waals surface area contributed by atoms with Crippen LogP contribution in [0.1, 0.15) is 18.6 Å². The number of hydrogen-bond acceptors (Lipinski definition) is 2. The highest BCUT2D eigenvalue weighted by Gasteiger charge is 2.05. The van der Waals surface area contributed by atoms with Crippen LogP contribution in [0.15, 0.2) is 60.7 Å². The van der Waals surface area contributed by atoms with Crippen molar-refractivity contribution in [2.75, 3.05) is 13.1 Å². The van der Waals surface area contributed by atoms with Crippen LogP contribution in [0.2, 0.25) is 0 Å². The van der Waals surface area contributed by atoms with Gasteiger partial charge in [-0.15, -0.1) is 0 Å². The maximum absolute atomic E-state index is 12.5. The van der Waals surface area contributed by atoms with Crippen molar-refractivity contribution in [1.29, 1.82) is 0 Å². The molecular formula is C16H20FNO. The molecule has 0 saturated carbocycles. The minimum absolute atomic E-state index is 0.278. The molecule has 0 heterocycles. The van der Waals surface area contributed by atoms with Crippen molar-refractivity contribution >= 4 is 0 Å². The standard InChI is InChI=1S/C10H14FNO.C6H6/c1-2-12-7-10(13)8-3-5-9(11)6-4-8;1-2-4-6-5-3-1/h3-6,10,12-13H,2,7H2,1H3;1-6H/t10-;/m1./s1. The van der Waals surface area contributed by atoms with E-state index in [1.165, 1.54) is 12.1 Å². The van der Waals surface area contributed by atoms with Gasteiger partial charge in [0.15, 0.2) is 0 Å². The lowest BCUT2D eigenvalue weighted by Crippen LogP contribution is -2.20. The molecule has 2 rings (SSSR count). The molecule has 2 aromatic carbocycles. The summed E-state index contributed by atoms with van der Waals surface area (Å²) in [6.07, 6.45) is -0.555. The van der Waals surface area contributed by atoms with Gasteiger partial charge in [0.2, 0.25) is 0 Å². The molecule has 0 saturated heterocycles. The van der Waals surface area contributed by atoms with Gasteiger partial charge in [-0.1, -0.05) is 55.5 Å². The van der Waals surface area contributed by atoms with Crippen molar-refractivity contribution in [2.45, 2.75) is 13.0 Å². The van der Waals surface area contributed by atoms with Crippen LogP contribution in [0.25, 0.3) is 0 Å². The van der Waals surface area contributed by atoms with Crippen molar-refractivity contribution in [3.8, 4) is 0 Å². The Kier molecular flexibility index (Phi) is 7.47. The van der Waals surface area contributed by atoms with Gasteiger partial charge in [-0.05, 0) is 24.2 Å². The van der Waals surface area contributed by atoms with Crippen molar-refractivity contribution in [3.05, 3.63) is 72.0 Å². The van der Waals surface area contributed by atoms with E-state index >= 15 is 0 Å². The second-order valence-corrected chi connectivity index (χ2v) is 4.03. The SMILES string of the molecule is CCNC[C@@H](O)c1ccc(F)cc1.c1ccccc1. The van der Waals surface area contributed by atoms with Crippen LogP contribution in [0.5, 0.6) is 0 Å². The molecule has 0 radical (unpaired) electrons. The predicted molar refractivity (Wildman–Crippen MR) is 76.3 cm³/mol. The van der Waals surface area contributed by atoms with E-state index in [4.69, 9.17) is 0 Å². The number of aliphatic hydroxyl groups is 1. The van der Waals surface area contributed by atoms with Crippen LogP contribution in [0, 0.1) is 5.82 Å². The summed E-state index contributed by atoms with van der Waals surface area (Å²) in [7, 11) is 0. The maximum atomic E-state index is 12.5. The van der Waals surface area contributed by atoms with Gasteiger partial charge in [0.25, 0.3) is 0 Å². The molecule has 0 unspecified atom stereocenters. The average Bonchev–Trinajstić information content (AvgIpc) is 2.48. The fraction of sp³-hybridized carbons (Fsp3) is 0.250. The molecule has 2 nitrogen and oxygen atoms in total. The van der Waals surface area contributed by atoms with Gasteiger partial charge >= 0.3 is 0 Å². The van der Waals surface area contributed by atoms with Crippen molar-refractivity contribution in [3.63, 3.8) is 0 Å². The van der Waals surface area contributed by atoms with Gasteiger partial charge in [0.1, 0.15) is 5.82 Å². The molecule has 0 bridgehead atoms. The van der Waals surface area contributed by atoms with E-state index in [9.17, 15) is 9.50 Å². The summed E-state index contributed by atoms with van der Waals surface area (Å²) < 4.78 is 12.5. The molecule has 2 N–H and O–H groups in total. The van der Waals surface area contributed by atoms with E-state index in [1.807, 2.05) is 43.3 Å². The Hall–Kier alpha value is -1.71. The van der Waals surface area contributed by atoms with Crippen molar-refractivity contribution in [1.82, 2.24) is 5.32 Å². The molecule has 0 aromatic heterocycles. The van der Waals surface area contributed by atoms with Crippen LogP contribution >= 0.6 is 0 Å². The number of aliphatic hydroxyl groups excluding tert-OH is 1. The second-order valence-electron chi connectivity index (χ2n) is 4.03. The predicted octanol–water partition coefficient (Wildman–Crippen LogP) is 3.16. The number of benzene rings is 2. The molecule has 19 heavy (non-hydrogen) atoms. The topological polar surface area (TPSA) is 32.3 Å². The van der Waals surface area contributed by atoms with Gasteiger partial charge in [0, 0.05) is 6.54 Å². The molecule has 2 aromatic rings. The van der Waals surface area contributed by atoms with Gasteiger partial charge in [-0.2, -0.15) is 0 Å². The zero-order valence-corrected chi connectivity index (χ0v) is 11.1. The van der Waals surface area contributed by atoms with Gasteiger partial charge < -0.3 is 10.4 Å². The van der Waals surface area contributed by atoms with Crippen molar-refractivity contribution in [2.24, 2.45) is 0 Å². The first-order chi connectivity index (χ1) is 9.24. The lowest BCUT2D eigenvalue weighted by Gasteiger charge is -2.10. The Bertz CT molecular complexity index is 404. The molecule has 0 amide bonds. The molecule has 102 valence electrons. The Morgan fingerprint density at radius 3 is 1.89 bits per heavy atom. The summed E-state index contributed by atoms with van der Waals surface area (Å²) in [5.41, 5.74) is 0.738. The lowest BCUT2D eigenvalue weighted by molar-refractivity contribution is 0.175. The van der Waals surface area contributed by atoms with Gasteiger partial charge in [-0.25, -0.2) is 4.39 Å². The molecule has 0 spiro atoms. The van der Waals surface area contributed by atoms with E-state index in [1.54, 1.807) is 12.1 Å². The summed E-state index contributed by atoms with van der Waals surface area (Å²) in [4.78, 5) is 0. The zero-order valence-electron chi connectivity index (χ0n) is 11.1. The first-order valence-electron chi connectivity index (χ1n) is 6.38. The van der Waals surface area contributed by atoms with E-state index in [0.29, 0.717) is 6.54 Å². The summed E-state index contributed by atoms with van der Waals surface area (Å²) >= 11 is 0. The number of likely N-dealkylation sites (N-methyl/N-ethyl adjacent to an activating group) is 1. The molecule has 1 atom stereocenters. The lowest BCUT2D eigenvalue weighted by atomic mass is 10.1. The minimum Gasteiger partial charge on any atom is -0.387 e. The Labute approximate surface area is 113 Å². The van der Waals surface area contributed by atoms with Crippen LogP contribution in [0.4, 0.5) is 4.39 Å². The number of halogens is 1. The largest absolute Gasteiger partial charge is 0.387 e. The minimum atomic E-state index is -0.555. The van der Waals surface area contributed by atoms with Gasteiger partial charge in [-0.3, -0.25) is 0 Å². The Morgan fingerprint density at radius 2 is 1.47 bits per heavy atom. The van der Waals surface area contributed by atoms with Crippen LogP contribution in [0.3, 0.4) is 0 Å². The Balaban J connectivity index is 0.000000250. The number of nitrogens with one attached hydrogen (secondary N) is 1. The molecule has 0 fully saturated rings. The third-order valence-corrected chi connectivity index (χ3v) is 2.51. The monoisotopic (exact) mass is 261 g/mol. The van der Waals surface area contributed by atoms with Crippen LogP contribution in [-0.4, -0.2) is 18.2 Å². The number of rotatable bonds is 4. The number of hydrogen-bond donors (Lipinski definition) is 2. The molecule has 0 aliphatic heterocycles. The summed E-state index contributed by atoms with van der Waals surface area (Å²) in [5.74, 6) is -0.278. The van der Waals surface area contributed by atoms with Gasteiger partial charge in [0.05, 0.1) is 6.10 Å². The highest BCUT2D eigenvalue weighted by atomic mass is 19.1. The van der Waals surface area contributed by atoms with E-state index in [-0.39, 0.29) is 5.82 Å². The molecule has 0 aliphatic carbocycles. The maximum Gasteiger partial charge on any atom is 0.123 e. The summed E-state index contributed by atoms with van der Waals surface area (Å²) in [5, 5.41) is 12.6. The van der Waals surface area contributed by atoms with E-state index in [0.717, 1.165) is 12.1 Å². The first-order valence-corrected chi connectivity index (χ1v) is 6.38. The second kappa shape index (κ2) is 9.25. The normalized spacial score (nSPS) is 11.3. The molecular weight excluding hydrogens is 241 g/mol. The first kappa shape index (κ1) is 15.3. The van der Waals surface area contributed by atoms with E-state index < -0.39 is 6.10 Å². The fourth-order valence-electron chi connectivity index (χ4n) is 1.47. The highest BCUT2D eigenvalue weighted by molar-refractivity contribution is 5.18. The average molecular weight is 261 g/mol. The third-order valence-electron chi connectivity index (χ3n) is 2.51. The third kappa shape index (κ3) is 6.70. The smallest absolute Gasteiger partial charge is 0.123 e. The zero-order chi connectivity index (χ0) is 13.9. The summed E-state index contributed by atoms with van der Waals surface area (Å²) in [6.45, 7) is 3.29. The van der Waals surface area contributed by atoms with Crippen molar-refractivity contribution < 1.29 is 9.50 Å². The van der Waals surface area contributed by atoms with Crippen LogP contribution < -0.4 is 5.32 Å². The Morgan fingerprint density at radius 1 is 1.00 bits per heavy atom. The summed E-state index contributed by atoms with van der Waals surface area (Å²) in [6, 6.07) is 17.9. The molecule has 3 heteroatoms. The van der Waals surface area contributed by atoms with Crippen LogP contribution in [-0.2, 0) is 0 Å². The highest BCUT2D eigenvalue weighted by Crippen LogP contribution is 2.11. The molecule has 0 aliphatic rings. The fourth-order valence-corrected chi connectivity index (χ4v) is 1.47. The quantitative estimate of drug-likeness (QED) is 0.886. The van der Waals surface area contributed by atoms with E-state index in [2.05, 4.69) is 5.32 Å².